The molecule has 0 amide bonds. The van der Waals surface area contributed by atoms with Gasteiger partial charge in [-0.25, -0.2) is 9.97 Å². The van der Waals surface area contributed by atoms with Gasteiger partial charge in [0.05, 0.1) is 27.9 Å². The van der Waals surface area contributed by atoms with Crippen molar-refractivity contribution in [1.29, 1.82) is 0 Å². The number of imidazole rings is 1. The molecule has 8 aromatic rings. The number of pyridine rings is 2. The number of rotatable bonds is 3. The van der Waals surface area contributed by atoms with Crippen molar-refractivity contribution < 1.29 is 4.74 Å². The molecule has 4 heterocycles. The Balaban J connectivity index is 1.11. The Labute approximate surface area is 241 Å². The fourth-order valence-corrected chi connectivity index (χ4v) is 5.99. The predicted molar refractivity (Wildman–Crippen MR) is 168 cm³/mol. The van der Waals surface area contributed by atoms with Gasteiger partial charge >= 0.3 is 0 Å². The van der Waals surface area contributed by atoms with Gasteiger partial charge in [0.15, 0.2) is 11.5 Å². The zero-order valence-electron chi connectivity index (χ0n) is 22.4. The van der Waals surface area contributed by atoms with Crippen LogP contribution in [0.4, 0.5) is 0 Å². The van der Waals surface area contributed by atoms with E-state index >= 15 is 0 Å². The third kappa shape index (κ3) is 3.47. The molecule has 0 bridgehead atoms. The number of benzene rings is 5. The molecule has 0 aliphatic carbocycles. The lowest BCUT2D eigenvalue weighted by Crippen LogP contribution is -2.05. The summed E-state index contributed by atoms with van der Waals surface area (Å²) in [6, 6.07) is 43.7. The van der Waals surface area contributed by atoms with Crippen LogP contribution in [-0.2, 0) is 0 Å². The van der Waals surface area contributed by atoms with Gasteiger partial charge in [-0.3, -0.25) is 9.55 Å². The van der Waals surface area contributed by atoms with E-state index in [1.807, 2.05) is 48.7 Å². The van der Waals surface area contributed by atoms with Crippen molar-refractivity contribution in [3.63, 3.8) is 0 Å². The molecule has 1 aliphatic heterocycles. The minimum atomic E-state index is 0.808. The summed E-state index contributed by atoms with van der Waals surface area (Å²) in [6.45, 7) is 0. The maximum absolute atomic E-state index is 6.45. The highest BCUT2D eigenvalue weighted by Gasteiger charge is 2.25. The van der Waals surface area contributed by atoms with Gasteiger partial charge in [-0.1, -0.05) is 91.0 Å². The van der Waals surface area contributed by atoms with Gasteiger partial charge in [0.25, 0.3) is 0 Å². The molecule has 0 saturated heterocycles. The average molecular weight is 539 g/mol. The molecular weight excluding hydrogens is 516 g/mol. The zero-order valence-corrected chi connectivity index (χ0v) is 22.4. The molecule has 42 heavy (non-hydrogen) atoms. The van der Waals surface area contributed by atoms with Gasteiger partial charge < -0.3 is 4.74 Å². The van der Waals surface area contributed by atoms with E-state index in [0.29, 0.717) is 0 Å². The zero-order chi connectivity index (χ0) is 27.6. The minimum absolute atomic E-state index is 0.808. The molecular formula is C37H22N4O. The maximum atomic E-state index is 6.45. The summed E-state index contributed by atoms with van der Waals surface area (Å²) in [6.07, 6.45) is 1.82. The Morgan fingerprint density at radius 2 is 1.31 bits per heavy atom. The molecule has 0 spiro atoms. The van der Waals surface area contributed by atoms with Gasteiger partial charge in [0.1, 0.15) is 11.3 Å². The van der Waals surface area contributed by atoms with Crippen molar-refractivity contribution in [3.05, 3.63) is 134 Å². The van der Waals surface area contributed by atoms with Crippen molar-refractivity contribution in [2.75, 3.05) is 0 Å². The van der Waals surface area contributed by atoms with Crippen LogP contribution in [0.3, 0.4) is 0 Å². The van der Waals surface area contributed by atoms with E-state index in [1.165, 1.54) is 0 Å². The average Bonchev–Trinajstić information content (AvgIpc) is 3.46. The van der Waals surface area contributed by atoms with Crippen LogP contribution in [0.25, 0.3) is 72.3 Å². The molecule has 1 aliphatic rings. The number of hydrogen-bond donors (Lipinski definition) is 0. The number of hydrogen-bond acceptors (Lipinski definition) is 4. The smallest absolute Gasteiger partial charge is 0.153 e. The molecule has 9 rings (SSSR count). The van der Waals surface area contributed by atoms with E-state index in [1.54, 1.807) is 0 Å². The Kier molecular flexibility index (Phi) is 4.83. The van der Waals surface area contributed by atoms with Gasteiger partial charge in [-0.15, -0.1) is 0 Å². The molecule has 196 valence electrons. The van der Waals surface area contributed by atoms with Crippen molar-refractivity contribution in [2.45, 2.75) is 0 Å². The van der Waals surface area contributed by atoms with Gasteiger partial charge in [-0.2, -0.15) is 0 Å². The number of aromatic nitrogens is 4. The summed E-state index contributed by atoms with van der Waals surface area (Å²) in [5.74, 6) is 2.53. The standard InChI is InChI=1S/C37H22N4O/c1-2-6-27(7-3-1)37-40-30-9-4-10-32-36(30)41(37)31-20-18-28(22-33(31)42-32)23-11-13-24(14-12-23)29-19-17-26-16-15-25-8-5-21-38-34(25)35(26)39-29/h1-22H. The minimum Gasteiger partial charge on any atom is -0.453 e. The normalized spacial score (nSPS) is 12.0. The first kappa shape index (κ1) is 22.9. The summed E-state index contributed by atoms with van der Waals surface area (Å²) >= 11 is 0. The van der Waals surface area contributed by atoms with Crippen LogP contribution in [0, 0.1) is 0 Å². The highest BCUT2D eigenvalue weighted by Crippen LogP contribution is 2.44. The largest absolute Gasteiger partial charge is 0.453 e. The number of fused-ring (bicyclic) bond motifs is 5. The predicted octanol–water partition coefficient (Wildman–Crippen LogP) is 9.23. The monoisotopic (exact) mass is 538 g/mol. The fraction of sp³-hybridized carbons (Fsp3) is 0. The highest BCUT2D eigenvalue weighted by atomic mass is 16.5. The highest BCUT2D eigenvalue weighted by molar-refractivity contribution is 6.03. The van der Waals surface area contributed by atoms with E-state index in [0.717, 1.165) is 83.8 Å². The Morgan fingerprint density at radius 3 is 2.19 bits per heavy atom. The molecule has 0 saturated carbocycles. The lowest BCUT2D eigenvalue weighted by atomic mass is 10.0. The Hall–Kier alpha value is -5.81. The quantitative estimate of drug-likeness (QED) is 0.210. The van der Waals surface area contributed by atoms with Crippen molar-refractivity contribution in [2.24, 2.45) is 0 Å². The molecule has 0 radical (unpaired) electrons. The van der Waals surface area contributed by atoms with Crippen LogP contribution in [0.1, 0.15) is 0 Å². The number of nitrogens with zero attached hydrogens (tertiary/aromatic N) is 4. The summed E-state index contributed by atoms with van der Waals surface area (Å²) in [7, 11) is 0. The van der Waals surface area contributed by atoms with Crippen LogP contribution in [0.15, 0.2) is 134 Å². The van der Waals surface area contributed by atoms with Gasteiger partial charge in [0.2, 0.25) is 0 Å². The van der Waals surface area contributed by atoms with Crippen LogP contribution in [-0.4, -0.2) is 19.5 Å². The van der Waals surface area contributed by atoms with E-state index in [9.17, 15) is 0 Å². The molecule has 0 N–H and O–H groups in total. The second-order valence-corrected chi connectivity index (χ2v) is 10.5. The van der Waals surface area contributed by atoms with Gasteiger partial charge in [-0.05, 0) is 47.5 Å². The lowest BCUT2D eigenvalue weighted by Gasteiger charge is -2.22. The molecule has 0 fully saturated rings. The molecule has 0 unspecified atom stereocenters. The van der Waals surface area contributed by atoms with E-state index in [-0.39, 0.29) is 0 Å². The van der Waals surface area contributed by atoms with E-state index < -0.39 is 0 Å². The van der Waals surface area contributed by atoms with Gasteiger partial charge in [0, 0.05) is 28.1 Å². The van der Waals surface area contributed by atoms with E-state index in [2.05, 4.69) is 94.5 Å². The lowest BCUT2D eigenvalue weighted by molar-refractivity contribution is 0.476. The summed E-state index contributed by atoms with van der Waals surface area (Å²) in [4.78, 5) is 14.6. The number of para-hydroxylation sites is 1. The topological polar surface area (TPSA) is 52.8 Å². The van der Waals surface area contributed by atoms with Crippen molar-refractivity contribution >= 4 is 32.8 Å². The number of ether oxygens (including phenoxy) is 1. The SMILES string of the molecule is c1ccc(-c2nc3cccc4c3n2-c2ccc(-c3ccc(-c5ccc6ccc7cccnc7c6n5)cc3)cc2O4)cc1. The van der Waals surface area contributed by atoms with Crippen LogP contribution >= 0.6 is 0 Å². The maximum Gasteiger partial charge on any atom is 0.153 e. The van der Waals surface area contributed by atoms with Crippen molar-refractivity contribution in [3.8, 4) is 51.0 Å². The second-order valence-electron chi connectivity index (χ2n) is 10.5. The first-order chi connectivity index (χ1) is 20.8. The Bertz CT molecular complexity index is 2320. The molecule has 5 heteroatoms. The molecule has 3 aromatic heterocycles. The summed E-state index contributed by atoms with van der Waals surface area (Å²) in [5, 5.41) is 2.18. The molecule has 5 aromatic carbocycles. The third-order valence-corrected chi connectivity index (χ3v) is 8.04. The van der Waals surface area contributed by atoms with Crippen LogP contribution < -0.4 is 4.74 Å². The molecule has 0 atom stereocenters. The van der Waals surface area contributed by atoms with Crippen LogP contribution in [0.2, 0.25) is 0 Å². The molecule has 5 nitrogen and oxygen atoms in total. The summed E-state index contributed by atoms with van der Waals surface area (Å²) in [5.41, 5.74) is 9.99. The first-order valence-electron chi connectivity index (χ1n) is 13.9. The van der Waals surface area contributed by atoms with Crippen LogP contribution in [0.5, 0.6) is 11.5 Å². The van der Waals surface area contributed by atoms with Crippen molar-refractivity contribution in [1.82, 2.24) is 19.5 Å². The first-order valence-corrected chi connectivity index (χ1v) is 13.9. The second kappa shape index (κ2) is 8.85. The van der Waals surface area contributed by atoms with E-state index in [4.69, 9.17) is 14.7 Å². The fourth-order valence-electron chi connectivity index (χ4n) is 5.99. The third-order valence-electron chi connectivity index (χ3n) is 8.04. The summed E-state index contributed by atoms with van der Waals surface area (Å²) < 4.78 is 8.67. The Morgan fingerprint density at radius 1 is 0.524 bits per heavy atom.